The molecule has 5 nitrogen and oxygen atoms in total. The average Bonchev–Trinajstić information content (AvgIpc) is 2.80. The number of aromatic nitrogens is 4. The van der Waals surface area contributed by atoms with Crippen molar-refractivity contribution in [1.29, 1.82) is 0 Å². The zero-order valence-electron chi connectivity index (χ0n) is 9.93. The maximum atomic E-state index is 11.9. The van der Waals surface area contributed by atoms with Gasteiger partial charge in [0.25, 0.3) is 0 Å². The molecular weight excluding hydrogens is 240 g/mol. The van der Waals surface area contributed by atoms with Gasteiger partial charge in [-0.25, -0.2) is 9.78 Å². The Hall–Kier alpha value is -1.49. The fourth-order valence-electron chi connectivity index (χ4n) is 1.71. The molecule has 0 atom stereocenters. The molecule has 0 aliphatic carbocycles. The van der Waals surface area contributed by atoms with Crippen LogP contribution in [-0.4, -0.2) is 18.7 Å². The Morgan fingerprint density at radius 2 is 2.06 bits per heavy atom. The summed E-state index contributed by atoms with van der Waals surface area (Å²) in [5.74, 6) is 0.770. The lowest BCUT2D eigenvalue weighted by molar-refractivity contribution is 0.609. The van der Waals surface area contributed by atoms with Crippen molar-refractivity contribution in [2.24, 2.45) is 7.05 Å². The summed E-state index contributed by atoms with van der Waals surface area (Å²) in [6.45, 7) is 3.23. The van der Waals surface area contributed by atoms with E-state index in [1.165, 1.54) is 0 Å². The number of rotatable bonds is 4. The number of aryl methyl sites for hydroxylation is 1. The van der Waals surface area contributed by atoms with Crippen LogP contribution in [0.1, 0.15) is 19.2 Å². The third kappa shape index (κ3) is 2.29. The van der Waals surface area contributed by atoms with E-state index in [0.717, 1.165) is 18.8 Å². The molecule has 0 saturated carbocycles. The minimum Gasteiger partial charge on any atom is -0.321 e. The fourth-order valence-corrected chi connectivity index (χ4v) is 1.85. The van der Waals surface area contributed by atoms with Crippen LogP contribution in [0.15, 0.2) is 23.4 Å². The highest BCUT2D eigenvalue weighted by molar-refractivity contribution is 6.29. The van der Waals surface area contributed by atoms with Gasteiger partial charge in [-0.05, 0) is 6.42 Å². The van der Waals surface area contributed by atoms with Crippen LogP contribution in [0.5, 0.6) is 0 Å². The van der Waals surface area contributed by atoms with Gasteiger partial charge in [-0.2, -0.15) is 0 Å². The number of imidazole rings is 2. The first-order chi connectivity index (χ1) is 8.13. The number of nitrogens with zero attached hydrogens (tertiary/aromatic N) is 4. The molecule has 6 heteroatoms. The summed E-state index contributed by atoms with van der Waals surface area (Å²) in [6, 6.07) is 0. The summed E-state index contributed by atoms with van der Waals surface area (Å²) in [4.78, 5) is 16.1. The Bertz CT molecular complexity index is 566. The Morgan fingerprint density at radius 1 is 1.35 bits per heavy atom. The molecule has 2 rings (SSSR count). The van der Waals surface area contributed by atoms with Crippen molar-refractivity contribution in [1.82, 2.24) is 18.7 Å². The maximum Gasteiger partial charge on any atom is 0.328 e. The lowest BCUT2D eigenvalue weighted by Gasteiger charge is -2.03. The molecule has 0 radical (unpaired) electrons. The summed E-state index contributed by atoms with van der Waals surface area (Å²) < 4.78 is 5.10. The van der Waals surface area contributed by atoms with Crippen LogP contribution in [0.3, 0.4) is 0 Å². The van der Waals surface area contributed by atoms with Crippen LogP contribution >= 0.6 is 11.6 Å². The van der Waals surface area contributed by atoms with E-state index in [9.17, 15) is 4.79 Å². The largest absolute Gasteiger partial charge is 0.328 e. The van der Waals surface area contributed by atoms with Crippen molar-refractivity contribution in [2.45, 2.75) is 26.4 Å². The Labute approximate surface area is 104 Å². The molecule has 0 fully saturated rings. The van der Waals surface area contributed by atoms with Gasteiger partial charge in [0, 0.05) is 26.0 Å². The highest BCUT2D eigenvalue weighted by atomic mass is 35.5. The third-order valence-corrected chi connectivity index (χ3v) is 3.07. The minimum atomic E-state index is -0.00836. The van der Waals surface area contributed by atoms with E-state index >= 15 is 0 Å². The van der Waals surface area contributed by atoms with Gasteiger partial charge in [-0.3, -0.25) is 9.13 Å². The van der Waals surface area contributed by atoms with Crippen molar-refractivity contribution in [3.8, 4) is 0 Å². The minimum absolute atomic E-state index is 0.00836. The van der Waals surface area contributed by atoms with E-state index in [1.54, 1.807) is 32.3 Å². The summed E-state index contributed by atoms with van der Waals surface area (Å²) in [5.41, 5.74) is -0.00836. The molecule has 0 aliphatic rings. The van der Waals surface area contributed by atoms with Crippen LogP contribution < -0.4 is 5.69 Å². The quantitative estimate of drug-likeness (QED) is 0.830. The number of hydrogen-bond acceptors (Lipinski definition) is 2. The standard InChI is InChI=1S/C11H15ClN4O/c1-3-4-15-5-6-16(11(15)17)8-10-13-7-9(12)14(10)2/h5-7H,3-4,8H2,1-2H3. The van der Waals surface area contributed by atoms with E-state index in [0.29, 0.717) is 11.7 Å². The highest BCUT2D eigenvalue weighted by Gasteiger charge is 2.08. The van der Waals surface area contributed by atoms with Gasteiger partial charge < -0.3 is 4.57 Å². The van der Waals surface area contributed by atoms with E-state index in [4.69, 9.17) is 11.6 Å². The van der Waals surface area contributed by atoms with Crippen LogP contribution in [0.25, 0.3) is 0 Å². The van der Waals surface area contributed by atoms with E-state index in [-0.39, 0.29) is 5.69 Å². The highest BCUT2D eigenvalue weighted by Crippen LogP contribution is 2.09. The number of hydrogen-bond donors (Lipinski definition) is 0. The summed E-state index contributed by atoms with van der Waals surface area (Å²) in [5, 5.41) is 0.570. The topological polar surface area (TPSA) is 44.8 Å². The molecule has 17 heavy (non-hydrogen) atoms. The van der Waals surface area contributed by atoms with Gasteiger partial charge >= 0.3 is 5.69 Å². The molecule has 0 aromatic carbocycles. The SMILES string of the molecule is CCCn1ccn(Cc2ncc(Cl)n2C)c1=O. The first-order valence-electron chi connectivity index (χ1n) is 5.55. The van der Waals surface area contributed by atoms with Crippen molar-refractivity contribution in [2.75, 3.05) is 0 Å². The van der Waals surface area contributed by atoms with Crippen LogP contribution in [0.2, 0.25) is 5.15 Å². The Balaban J connectivity index is 2.25. The molecule has 2 heterocycles. The van der Waals surface area contributed by atoms with E-state index in [1.807, 2.05) is 14.0 Å². The zero-order chi connectivity index (χ0) is 12.4. The lowest BCUT2D eigenvalue weighted by atomic mass is 10.5. The third-order valence-electron chi connectivity index (χ3n) is 2.72. The van der Waals surface area contributed by atoms with Gasteiger partial charge in [0.15, 0.2) is 0 Å². The monoisotopic (exact) mass is 254 g/mol. The average molecular weight is 255 g/mol. The lowest BCUT2D eigenvalue weighted by Crippen LogP contribution is -2.25. The summed E-state index contributed by atoms with van der Waals surface area (Å²) >= 11 is 5.90. The van der Waals surface area contributed by atoms with Crippen molar-refractivity contribution >= 4 is 11.6 Å². The second-order valence-corrected chi connectivity index (χ2v) is 4.35. The molecule has 92 valence electrons. The molecular formula is C11H15ClN4O. The van der Waals surface area contributed by atoms with Gasteiger partial charge in [0.1, 0.15) is 11.0 Å². The summed E-state index contributed by atoms with van der Waals surface area (Å²) in [7, 11) is 1.83. The van der Waals surface area contributed by atoms with Crippen LogP contribution in [0, 0.1) is 0 Å². The molecule has 0 N–H and O–H groups in total. The van der Waals surface area contributed by atoms with Gasteiger partial charge in [0.05, 0.1) is 12.7 Å². The maximum absolute atomic E-state index is 11.9. The summed E-state index contributed by atoms with van der Waals surface area (Å²) in [6.07, 6.45) is 6.11. The van der Waals surface area contributed by atoms with Crippen molar-refractivity contribution in [3.05, 3.63) is 40.1 Å². The molecule has 2 aromatic rings. The number of halogens is 1. The molecule has 0 aliphatic heterocycles. The smallest absolute Gasteiger partial charge is 0.321 e. The first kappa shape index (κ1) is 12.0. The zero-order valence-corrected chi connectivity index (χ0v) is 10.7. The van der Waals surface area contributed by atoms with Gasteiger partial charge in [-0.15, -0.1) is 0 Å². The van der Waals surface area contributed by atoms with Crippen molar-refractivity contribution < 1.29 is 0 Å². The molecule has 0 bridgehead atoms. The predicted molar refractivity (Wildman–Crippen MR) is 66.3 cm³/mol. The van der Waals surface area contributed by atoms with Crippen molar-refractivity contribution in [3.63, 3.8) is 0 Å². The molecule has 0 spiro atoms. The normalized spacial score (nSPS) is 11.0. The molecule has 2 aromatic heterocycles. The van der Waals surface area contributed by atoms with E-state index < -0.39 is 0 Å². The molecule has 0 unspecified atom stereocenters. The first-order valence-corrected chi connectivity index (χ1v) is 5.93. The van der Waals surface area contributed by atoms with Gasteiger partial charge in [-0.1, -0.05) is 18.5 Å². The van der Waals surface area contributed by atoms with Crippen LogP contribution in [0.4, 0.5) is 0 Å². The molecule has 0 amide bonds. The molecule has 0 saturated heterocycles. The fraction of sp³-hybridized carbons (Fsp3) is 0.455. The second kappa shape index (κ2) is 4.79. The van der Waals surface area contributed by atoms with Crippen LogP contribution in [-0.2, 0) is 20.1 Å². The van der Waals surface area contributed by atoms with E-state index in [2.05, 4.69) is 4.98 Å². The van der Waals surface area contributed by atoms with Gasteiger partial charge in [0.2, 0.25) is 0 Å². The Morgan fingerprint density at radius 3 is 2.65 bits per heavy atom. The second-order valence-electron chi connectivity index (χ2n) is 3.96. The Kier molecular flexibility index (Phi) is 3.38. The predicted octanol–water partition coefficient (Wildman–Crippen LogP) is 1.49.